The highest BCUT2D eigenvalue weighted by Crippen LogP contribution is 2.25. The molecule has 0 aromatic heterocycles. The minimum absolute atomic E-state index is 0.550. The van der Waals surface area contributed by atoms with Gasteiger partial charge in [0.2, 0.25) is 0 Å². The lowest BCUT2D eigenvalue weighted by atomic mass is 10.1. The highest BCUT2D eigenvalue weighted by Gasteiger charge is 2.21. The van der Waals surface area contributed by atoms with E-state index in [2.05, 4.69) is 52.1 Å². The maximum Gasteiger partial charge on any atom is 0.119 e. The average molecular weight is 327 g/mol. The predicted molar refractivity (Wildman–Crippen MR) is 82.6 cm³/mol. The van der Waals surface area contributed by atoms with Gasteiger partial charge >= 0.3 is 0 Å². The zero-order valence-electron chi connectivity index (χ0n) is 11.9. The van der Waals surface area contributed by atoms with E-state index in [0.717, 1.165) is 29.9 Å². The summed E-state index contributed by atoms with van der Waals surface area (Å²) in [4.78, 5) is 2.55. The van der Waals surface area contributed by atoms with E-state index < -0.39 is 0 Å². The summed E-state index contributed by atoms with van der Waals surface area (Å²) >= 11 is 3.64. The molecule has 0 amide bonds. The number of rotatable bonds is 3. The van der Waals surface area contributed by atoms with Crippen LogP contribution in [0.5, 0.6) is 5.75 Å². The first-order valence-corrected chi connectivity index (χ1v) is 7.69. The van der Waals surface area contributed by atoms with Crippen LogP contribution in [0, 0.1) is 0 Å². The van der Waals surface area contributed by atoms with Gasteiger partial charge in [-0.3, -0.25) is 4.90 Å². The number of ether oxygens (including phenoxy) is 1. The molecule has 106 valence electrons. The molecular weight excluding hydrogens is 304 g/mol. The Bertz CT molecular complexity index is 425. The van der Waals surface area contributed by atoms with Crippen molar-refractivity contribution in [3.05, 3.63) is 28.2 Å². The maximum atomic E-state index is 5.32. The number of hydrogen-bond donors (Lipinski definition) is 1. The molecule has 2 atom stereocenters. The van der Waals surface area contributed by atoms with Gasteiger partial charge in [-0.15, -0.1) is 0 Å². The van der Waals surface area contributed by atoms with E-state index >= 15 is 0 Å². The first-order chi connectivity index (χ1) is 9.10. The van der Waals surface area contributed by atoms with Crippen LogP contribution in [0.3, 0.4) is 0 Å². The van der Waals surface area contributed by atoms with Crippen molar-refractivity contribution in [2.24, 2.45) is 0 Å². The summed E-state index contributed by atoms with van der Waals surface area (Å²) in [5.74, 6) is 0.923. The quantitative estimate of drug-likeness (QED) is 0.924. The number of methoxy groups -OCH3 is 1. The number of hydrogen-bond acceptors (Lipinski definition) is 3. The van der Waals surface area contributed by atoms with Crippen LogP contribution in [0.25, 0.3) is 0 Å². The second kappa shape index (κ2) is 6.73. The van der Waals surface area contributed by atoms with E-state index in [1.807, 2.05) is 6.07 Å². The Labute approximate surface area is 124 Å². The first kappa shape index (κ1) is 14.8. The van der Waals surface area contributed by atoms with E-state index in [4.69, 9.17) is 4.74 Å². The van der Waals surface area contributed by atoms with Gasteiger partial charge in [-0.1, -0.05) is 15.9 Å². The number of benzene rings is 1. The predicted octanol–water partition coefficient (Wildman–Crippen LogP) is 3.03. The molecule has 0 saturated carbocycles. The van der Waals surface area contributed by atoms with Crippen LogP contribution in [0.1, 0.15) is 25.8 Å². The number of nitrogens with zero attached hydrogens (tertiary/aromatic N) is 1. The molecule has 0 bridgehead atoms. The fourth-order valence-electron chi connectivity index (χ4n) is 2.56. The van der Waals surface area contributed by atoms with Gasteiger partial charge in [-0.05, 0) is 50.6 Å². The van der Waals surface area contributed by atoms with Crippen molar-refractivity contribution in [2.45, 2.75) is 38.9 Å². The topological polar surface area (TPSA) is 24.5 Å². The highest BCUT2D eigenvalue weighted by atomic mass is 79.9. The van der Waals surface area contributed by atoms with Crippen LogP contribution in [-0.4, -0.2) is 37.2 Å². The number of nitrogens with one attached hydrogen (secondary N) is 1. The second-order valence-electron chi connectivity index (χ2n) is 5.38. The van der Waals surface area contributed by atoms with Crippen molar-refractivity contribution >= 4 is 15.9 Å². The van der Waals surface area contributed by atoms with E-state index in [-0.39, 0.29) is 0 Å². The smallest absolute Gasteiger partial charge is 0.119 e. The molecular formula is C15H23BrN2O. The van der Waals surface area contributed by atoms with Crippen LogP contribution in [0.4, 0.5) is 0 Å². The third-order valence-corrected chi connectivity index (χ3v) is 4.59. The zero-order valence-corrected chi connectivity index (χ0v) is 13.5. The van der Waals surface area contributed by atoms with Crippen LogP contribution >= 0.6 is 15.9 Å². The summed E-state index contributed by atoms with van der Waals surface area (Å²) in [5, 5.41) is 3.55. The molecule has 1 N–H and O–H groups in total. The standard InChI is InChI=1S/C15H23BrN2O/c1-11-9-18(12(2)6-7-17-11)10-13-8-14(19-3)4-5-15(13)16/h4-5,8,11-12,17H,6-7,9-10H2,1-3H3. The van der Waals surface area contributed by atoms with Crippen molar-refractivity contribution in [3.63, 3.8) is 0 Å². The molecule has 1 heterocycles. The van der Waals surface area contributed by atoms with Crippen molar-refractivity contribution in [2.75, 3.05) is 20.2 Å². The molecule has 2 rings (SSSR count). The third-order valence-electron chi connectivity index (χ3n) is 3.81. The summed E-state index contributed by atoms with van der Waals surface area (Å²) in [6, 6.07) is 7.34. The number of halogens is 1. The van der Waals surface area contributed by atoms with Crippen molar-refractivity contribution < 1.29 is 4.74 Å². The Balaban J connectivity index is 2.14. The molecule has 1 aliphatic heterocycles. The molecule has 3 nitrogen and oxygen atoms in total. The lowest BCUT2D eigenvalue weighted by Gasteiger charge is -2.28. The average Bonchev–Trinajstić information content (AvgIpc) is 2.54. The fraction of sp³-hybridized carbons (Fsp3) is 0.600. The Morgan fingerprint density at radius 3 is 2.95 bits per heavy atom. The van der Waals surface area contributed by atoms with Gasteiger partial charge < -0.3 is 10.1 Å². The molecule has 1 aromatic carbocycles. The molecule has 1 aliphatic rings. The molecule has 0 spiro atoms. The van der Waals surface area contributed by atoms with Crippen LogP contribution in [0.2, 0.25) is 0 Å². The van der Waals surface area contributed by atoms with Gasteiger partial charge in [0.15, 0.2) is 0 Å². The fourth-order valence-corrected chi connectivity index (χ4v) is 2.93. The van der Waals surface area contributed by atoms with Crippen molar-refractivity contribution in [3.8, 4) is 5.75 Å². The SMILES string of the molecule is COc1ccc(Br)c(CN2CC(C)NCCC2C)c1. The summed E-state index contributed by atoms with van der Waals surface area (Å²) in [6.45, 7) is 7.73. The molecule has 2 unspecified atom stereocenters. The minimum Gasteiger partial charge on any atom is -0.497 e. The Hall–Kier alpha value is -0.580. The van der Waals surface area contributed by atoms with Gasteiger partial charge in [0, 0.05) is 29.6 Å². The van der Waals surface area contributed by atoms with E-state index in [1.54, 1.807) is 7.11 Å². The molecule has 4 heteroatoms. The third kappa shape index (κ3) is 3.94. The largest absolute Gasteiger partial charge is 0.497 e. The molecule has 1 fully saturated rings. The van der Waals surface area contributed by atoms with Crippen molar-refractivity contribution in [1.29, 1.82) is 0 Å². The normalized spacial score (nSPS) is 25.1. The van der Waals surface area contributed by atoms with Crippen LogP contribution < -0.4 is 10.1 Å². The lowest BCUT2D eigenvalue weighted by Crippen LogP contribution is -2.38. The van der Waals surface area contributed by atoms with E-state index in [9.17, 15) is 0 Å². The van der Waals surface area contributed by atoms with Crippen LogP contribution in [0.15, 0.2) is 22.7 Å². The van der Waals surface area contributed by atoms with Gasteiger partial charge in [-0.2, -0.15) is 0 Å². The van der Waals surface area contributed by atoms with Gasteiger partial charge in [0.1, 0.15) is 5.75 Å². The summed E-state index contributed by atoms with van der Waals surface area (Å²) in [6.07, 6.45) is 1.20. The van der Waals surface area contributed by atoms with Gasteiger partial charge in [0.25, 0.3) is 0 Å². The summed E-state index contributed by atoms with van der Waals surface area (Å²) < 4.78 is 6.48. The molecule has 19 heavy (non-hydrogen) atoms. The minimum atomic E-state index is 0.550. The lowest BCUT2D eigenvalue weighted by molar-refractivity contribution is 0.198. The van der Waals surface area contributed by atoms with E-state index in [0.29, 0.717) is 12.1 Å². The monoisotopic (exact) mass is 326 g/mol. The summed E-state index contributed by atoms with van der Waals surface area (Å²) in [7, 11) is 1.72. The Morgan fingerprint density at radius 2 is 2.21 bits per heavy atom. The van der Waals surface area contributed by atoms with Gasteiger partial charge in [0.05, 0.1) is 7.11 Å². The maximum absolute atomic E-state index is 5.32. The van der Waals surface area contributed by atoms with Gasteiger partial charge in [-0.25, -0.2) is 0 Å². The first-order valence-electron chi connectivity index (χ1n) is 6.90. The summed E-state index contributed by atoms with van der Waals surface area (Å²) in [5.41, 5.74) is 1.29. The molecule has 0 aliphatic carbocycles. The second-order valence-corrected chi connectivity index (χ2v) is 6.23. The van der Waals surface area contributed by atoms with E-state index in [1.165, 1.54) is 12.0 Å². The molecule has 1 saturated heterocycles. The molecule has 0 radical (unpaired) electrons. The van der Waals surface area contributed by atoms with Crippen LogP contribution in [-0.2, 0) is 6.54 Å². The molecule has 1 aromatic rings. The zero-order chi connectivity index (χ0) is 13.8. The Kier molecular flexibility index (Phi) is 5.25. The Morgan fingerprint density at radius 1 is 1.42 bits per heavy atom. The van der Waals surface area contributed by atoms with Crippen molar-refractivity contribution in [1.82, 2.24) is 10.2 Å². The highest BCUT2D eigenvalue weighted by molar-refractivity contribution is 9.10.